The summed E-state index contributed by atoms with van der Waals surface area (Å²) >= 11 is 0. The monoisotopic (exact) mass is 536 g/mol. The molecule has 1 amide bonds. The zero-order valence-electron chi connectivity index (χ0n) is 21.3. The highest BCUT2D eigenvalue weighted by Gasteiger charge is 2.23. The van der Waals surface area contributed by atoms with Crippen LogP contribution in [0.15, 0.2) is 71.6 Å². The van der Waals surface area contributed by atoms with Crippen LogP contribution in [0.4, 0.5) is 23.0 Å². The molecular weight excluding hydrogens is 508 g/mol. The number of nitrogens with zero attached hydrogens (tertiary/aromatic N) is 2. The van der Waals surface area contributed by atoms with Crippen molar-refractivity contribution in [3.63, 3.8) is 0 Å². The molecule has 3 aromatic carbocycles. The van der Waals surface area contributed by atoms with E-state index in [1.807, 2.05) is 6.07 Å². The summed E-state index contributed by atoms with van der Waals surface area (Å²) in [6.45, 7) is 3.10. The number of aromatic nitrogens is 2. The summed E-state index contributed by atoms with van der Waals surface area (Å²) in [5, 5.41) is 5.74. The Labute approximate surface area is 220 Å². The first-order chi connectivity index (χ1) is 18.0. The quantitative estimate of drug-likeness (QED) is 0.249. The van der Waals surface area contributed by atoms with E-state index in [1.54, 1.807) is 56.3 Å². The zero-order chi connectivity index (χ0) is 27.5. The van der Waals surface area contributed by atoms with Gasteiger partial charge in [0, 0.05) is 29.6 Å². The summed E-state index contributed by atoms with van der Waals surface area (Å²) in [6.07, 6.45) is 0. The minimum Gasteiger partial charge on any atom is -0.497 e. The van der Waals surface area contributed by atoms with Crippen LogP contribution in [0, 0.1) is 0 Å². The molecule has 0 radical (unpaired) electrons. The topological polar surface area (TPSA) is 158 Å². The molecular formula is C26H28N6O5S. The van der Waals surface area contributed by atoms with Gasteiger partial charge in [-0.05, 0) is 44.2 Å². The lowest BCUT2D eigenvalue weighted by Crippen LogP contribution is -2.45. The minimum absolute atomic E-state index is 0.0250. The number of nitrogens with one attached hydrogen (secondary N) is 3. The third kappa shape index (κ3) is 6.10. The fourth-order valence-electron chi connectivity index (χ4n) is 3.39. The molecule has 0 aliphatic carbocycles. The summed E-state index contributed by atoms with van der Waals surface area (Å²) in [6, 6.07) is 18.0. The molecule has 5 N–H and O–H groups in total. The molecule has 0 aliphatic rings. The van der Waals surface area contributed by atoms with Crippen LogP contribution in [-0.4, -0.2) is 44.1 Å². The molecule has 0 saturated carbocycles. The minimum atomic E-state index is -4.14. The SMILES string of the molecule is COc1cc(Nc2nc3ccccc3nc2NS(=O)(=O)c2cccc(NC(=O)C(C)(C)N)c2)cc(OC)c1. The molecule has 4 rings (SSSR count). The number of amides is 1. The van der Waals surface area contributed by atoms with Crippen LogP contribution < -0.4 is 30.6 Å². The molecule has 0 saturated heterocycles. The number of hydrogen-bond donors (Lipinski definition) is 4. The highest BCUT2D eigenvalue weighted by atomic mass is 32.2. The molecule has 1 heterocycles. The van der Waals surface area contributed by atoms with Crippen molar-refractivity contribution in [1.29, 1.82) is 0 Å². The first kappa shape index (κ1) is 26.6. The molecule has 11 nitrogen and oxygen atoms in total. The third-order valence-electron chi connectivity index (χ3n) is 5.40. The normalized spacial score (nSPS) is 11.6. The Hall–Kier alpha value is -4.42. The molecule has 198 valence electrons. The van der Waals surface area contributed by atoms with Crippen LogP contribution in [0.1, 0.15) is 13.8 Å². The van der Waals surface area contributed by atoms with Gasteiger partial charge < -0.3 is 25.8 Å². The molecule has 0 bridgehead atoms. The number of carbonyl (C=O) groups is 1. The molecule has 38 heavy (non-hydrogen) atoms. The standard InChI is InChI=1S/C26H28N6O5S/c1-26(2,27)25(33)29-16-8-7-9-20(14-16)38(34,35)32-24-23(30-21-10-5-6-11-22(21)31-24)28-17-12-18(36-3)15-19(13-17)37-4/h5-15H,27H2,1-4H3,(H,28,30)(H,29,33)(H,31,32). The first-order valence-corrected chi connectivity index (χ1v) is 13.0. The predicted molar refractivity (Wildman–Crippen MR) is 147 cm³/mol. The van der Waals surface area contributed by atoms with Crippen molar-refractivity contribution in [3.05, 3.63) is 66.7 Å². The number of hydrogen-bond acceptors (Lipinski definition) is 9. The van der Waals surface area contributed by atoms with Crippen molar-refractivity contribution < 1.29 is 22.7 Å². The van der Waals surface area contributed by atoms with E-state index in [0.29, 0.717) is 28.2 Å². The van der Waals surface area contributed by atoms with Crippen LogP contribution in [0.2, 0.25) is 0 Å². The third-order valence-corrected chi connectivity index (χ3v) is 6.74. The second-order valence-electron chi connectivity index (χ2n) is 8.95. The summed E-state index contributed by atoms with van der Waals surface area (Å²) in [5.41, 5.74) is 6.56. The van der Waals surface area contributed by atoms with Gasteiger partial charge in [-0.2, -0.15) is 0 Å². The van der Waals surface area contributed by atoms with Gasteiger partial charge in [-0.1, -0.05) is 18.2 Å². The maximum Gasteiger partial charge on any atom is 0.263 e. The van der Waals surface area contributed by atoms with Crippen LogP contribution >= 0.6 is 0 Å². The predicted octanol–water partition coefficient (Wildman–Crippen LogP) is 3.87. The van der Waals surface area contributed by atoms with Gasteiger partial charge in [0.25, 0.3) is 10.0 Å². The van der Waals surface area contributed by atoms with Crippen LogP contribution in [0.5, 0.6) is 11.5 Å². The molecule has 12 heteroatoms. The van der Waals surface area contributed by atoms with E-state index >= 15 is 0 Å². The Balaban J connectivity index is 1.72. The fraction of sp³-hybridized carbons (Fsp3) is 0.192. The van der Waals surface area contributed by atoms with Crippen LogP contribution in [0.25, 0.3) is 11.0 Å². The first-order valence-electron chi connectivity index (χ1n) is 11.5. The average Bonchev–Trinajstić information content (AvgIpc) is 2.88. The number of nitrogens with two attached hydrogens (primary N) is 1. The molecule has 0 unspecified atom stereocenters. The van der Waals surface area contributed by atoms with Gasteiger partial charge in [-0.3, -0.25) is 9.52 Å². The summed E-state index contributed by atoms with van der Waals surface area (Å²) in [5.74, 6) is 0.741. The number of rotatable bonds is 9. The van der Waals surface area contributed by atoms with Gasteiger partial charge in [0.05, 0.1) is 35.7 Å². The van der Waals surface area contributed by atoms with Crippen LogP contribution in [-0.2, 0) is 14.8 Å². The van der Waals surface area contributed by atoms with E-state index in [4.69, 9.17) is 15.2 Å². The number of anilines is 4. The fourth-order valence-corrected chi connectivity index (χ4v) is 4.45. The van der Waals surface area contributed by atoms with E-state index in [1.165, 1.54) is 32.4 Å². The Morgan fingerprint density at radius 3 is 2.03 bits per heavy atom. The van der Waals surface area contributed by atoms with Gasteiger partial charge in [0.15, 0.2) is 11.6 Å². The van der Waals surface area contributed by atoms with Crippen molar-refractivity contribution in [2.24, 2.45) is 5.73 Å². The van der Waals surface area contributed by atoms with Gasteiger partial charge in [-0.15, -0.1) is 0 Å². The summed E-state index contributed by atoms with van der Waals surface area (Å²) < 4.78 is 40.0. The van der Waals surface area contributed by atoms with Gasteiger partial charge in [-0.25, -0.2) is 18.4 Å². The number of para-hydroxylation sites is 2. The molecule has 1 aromatic heterocycles. The smallest absolute Gasteiger partial charge is 0.263 e. The van der Waals surface area contributed by atoms with Crippen LogP contribution in [0.3, 0.4) is 0 Å². The van der Waals surface area contributed by atoms with Crippen molar-refractivity contribution in [2.45, 2.75) is 24.3 Å². The van der Waals surface area contributed by atoms with E-state index < -0.39 is 21.5 Å². The number of sulfonamides is 1. The lowest BCUT2D eigenvalue weighted by molar-refractivity contribution is -0.120. The Morgan fingerprint density at radius 1 is 0.842 bits per heavy atom. The van der Waals surface area contributed by atoms with Crippen molar-refractivity contribution >= 4 is 50.0 Å². The Kier molecular flexibility index (Phi) is 7.37. The number of benzene rings is 3. The summed E-state index contributed by atoms with van der Waals surface area (Å²) in [4.78, 5) is 21.3. The van der Waals surface area contributed by atoms with E-state index in [2.05, 4.69) is 25.3 Å². The van der Waals surface area contributed by atoms with Crippen molar-refractivity contribution in [2.75, 3.05) is 29.6 Å². The lowest BCUT2D eigenvalue weighted by atomic mass is 10.1. The van der Waals surface area contributed by atoms with E-state index in [-0.39, 0.29) is 22.2 Å². The highest BCUT2D eigenvalue weighted by Crippen LogP contribution is 2.31. The zero-order valence-corrected chi connectivity index (χ0v) is 22.1. The second-order valence-corrected chi connectivity index (χ2v) is 10.6. The largest absolute Gasteiger partial charge is 0.497 e. The average molecular weight is 537 g/mol. The molecule has 0 spiro atoms. The summed E-state index contributed by atoms with van der Waals surface area (Å²) in [7, 11) is -1.09. The van der Waals surface area contributed by atoms with Gasteiger partial charge >= 0.3 is 0 Å². The maximum absolute atomic E-state index is 13.4. The van der Waals surface area contributed by atoms with Gasteiger partial charge in [0.2, 0.25) is 5.91 Å². The number of carbonyl (C=O) groups excluding carboxylic acids is 1. The number of methoxy groups -OCH3 is 2. The Morgan fingerprint density at radius 2 is 1.45 bits per heavy atom. The second kappa shape index (κ2) is 10.5. The number of ether oxygens (including phenoxy) is 2. The van der Waals surface area contributed by atoms with E-state index in [9.17, 15) is 13.2 Å². The van der Waals surface area contributed by atoms with Gasteiger partial charge in [0.1, 0.15) is 11.5 Å². The molecule has 0 atom stereocenters. The maximum atomic E-state index is 13.4. The highest BCUT2D eigenvalue weighted by molar-refractivity contribution is 7.92. The lowest BCUT2D eigenvalue weighted by Gasteiger charge is -2.18. The molecule has 0 fully saturated rings. The Bertz CT molecular complexity index is 1580. The van der Waals surface area contributed by atoms with E-state index in [0.717, 1.165) is 0 Å². The molecule has 0 aliphatic heterocycles. The number of fused-ring (bicyclic) bond motifs is 1. The van der Waals surface area contributed by atoms with Crippen molar-refractivity contribution in [1.82, 2.24) is 9.97 Å². The molecule has 4 aromatic rings. The van der Waals surface area contributed by atoms with Crippen molar-refractivity contribution in [3.8, 4) is 11.5 Å².